The lowest BCUT2D eigenvalue weighted by atomic mass is 9.91. The third kappa shape index (κ3) is 11.1. The van der Waals surface area contributed by atoms with Gasteiger partial charge in [-0.25, -0.2) is 4.63 Å². The van der Waals surface area contributed by atoms with Gasteiger partial charge < -0.3 is 19.3 Å². The number of hydrogen-bond acceptors (Lipinski definition) is 11. The van der Waals surface area contributed by atoms with E-state index in [4.69, 9.17) is 14.1 Å². The van der Waals surface area contributed by atoms with E-state index in [-0.39, 0.29) is 49.4 Å². The highest BCUT2D eigenvalue weighted by Crippen LogP contribution is 2.36. The predicted molar refractivity (Wildman–Crippen MR) is 171 cm³/mol. The molecule has 11 nitrogen and oxygen atoms in total. The minimum absolute atomic E-state index is 0.0494. The number of allylic oxidation sites excluding steroid dienone is 1. The number of carbonyl (C=O) groups is 4. The van der Waals surface area contributed by atoms with Crippen molar-refractivity contribution >= 4 is 56.9 Å². The van der Waals surface area contributed by atoms with E-state index in [1.807, 2.05) is 6.92 Å². The average molecular weight is 649 g/mol. The molecule has 1 aliphatic rings. The first-order chi connectivity index (χ1) is 21.1. The summed E-state index contributed by atoms with van der Waals surface area (Å²) in [5, 5.41) is 7.57. The van der Waals surface area contributed by atoms with Crippen LogP contribution in [0.4, 0.5) is 0 Å². The smallest absolute Gasteiger partial charge is 0.306 e. The van der Waals surface area contributed by atoms with E-state index >= 15 is 0 Å². The highest BCUT2D eigenvalue weighted by atomic mass is 33.1. The molecule has 0 atom stereocenters. The van der Waals surface area contributed by atoms with Crippen molar-refractivity contribution in [2.75, 3.05) is 26.5 Å². The highest BCUT2D eigenvalue weighted by Gasteiger charge is 2.29. The van der Waals surface area contributed by atoms with Gasteiger partial charge in [-0.3, -0.25) is 19.2 Å². The first-order valence-corrected chi connectivity index (χ1v) is 17.4. The molecule has 0 spiro atoms. The Morgan fingerprint density at radius 3 is 2.45 bits per heavy atom. The molecule has 2 aromatic rings. The molecule has 0 radical (unpaired) electrons. The van der Waals surface area contributed by atoms with Crippen LogP contribution in [0.3, 0.4) is 0 Å². The van der Waals surface area contributed by atoms with Crippen molar-refractivity contribution < 1.29 is 33.3 Å². The zero-order valence-electron chi connectivity index (χ0n) is 26.3. The number of rotatable bonds is 17. The molecule has 1 heterocycles. The number of benzene rings is 1. The summed E-state index contributed by atoms with van der Waals surface area (Å²) in [6.07, 6.45) is 5.63. The van der Waals surface area contributed by atoms with Crippen molar-refractivity contribution in [1.29, 1.82) is 0 Å². The molecule has 0 unspecified atom stereocenters. The van der Waals surface area contributed by atoms with Gasteiger partial charge in [0.05, 0.1) is 6.61 Å². The molecule has 0 aliphatic heterocycles. The highest BCUT2D eigenvalue weighted by molar-refractivity contribution is 8.78. The maximum absolute atomic E-state index is 13.0. The van der Waals surface area contributed by atoms with Crippen LogP contribution >= 0.6 is 21.6 Å². The molecule has 0 N–H and O–H groups in total. The molecule has 1 saturated carbocycles. The Balaban J connectivity index is 1.32. The molecular formula is C31H44N4O7S2. The first-order valence-electron chi connectivity index (χ1n) is 15.1. The van der Waals surface area contributed by atoms with E-state index in [1.165, 1.54) is 4.90 Å². The van der Waals surface area contributed by atoms with E-state index < -0.39 is 0 Å². The normalized spacial score (nSPS) is 17.2. The second-order valence-electron chi connectivity index (χ2n) is 11.4. The lowest BCUT2D eigenvalue weighted by molar-refractivity contribution is -0.151. The quantitative estimate of drug-likeness (QED) is 0.0866. The molecule has 1 aromatic heterocycles. The summed E-state index contributed by atoms with van der Waals surface area (Å²) in [5.41, 5.74) is 2.50. The van der Waals surface area contributed by atoms with Crippen LogP contribution in [-0.2, 0) is 23.9 Å². The molecule has 44 heavy (non-hydrogen) atoms. The van der Waals surface area contributed by atoms with E-state index in [2.05, 4.69) is 24.2 Å². The molecule has 1 aliphatic carbocycles. The van der Waals surface area contributed by atoms with Crippen LogP contribution < -0.4 is 0 Å². The van der Waals surface area contributed by atoms with Crippen LogP contribution in [0.1, 0.15) is 88.9 Å². The van der Waals surface area contributed by atoms with Gasteiger partial charge in [0, 0.05) is 61.3 Å². The largest absolute Gasteiger partial charge is 0.465 e. The maximum atomic E-state index is 13.0. The first kappa shape index (κ1) is 35.4. The van der Waals surface area contributed by atoms with Crippen molar-refractivity contribution in [3.05, 3.63) is 34.4 Å². The van der Waals surface area contributed by atoms with E-state index in [0.717, 1.165) is 42.0 Å². The molecule has 1 fully saturated rings. The molecule has 2 amide bonds. The van der Waals surface area contributed by atoms with Crippen molar-refractivity contribution in [2.24, 2.45) is 5.92 Å². The summed E-state index contributed by atoms with van der Waals surface area (Å²) in [4.78, 5) is 53.2. The van der Waals surface area contributed by atoms with E-state index in [0.29, 0.717) is 48.2 Å². The summed E-state index contributed by atoms with van der Waals surface area (Å²) in [6.45, 7) is 6.47. The fraction of sp³-hybridized carbons (Fsp3) is 0.613. The molecule has 242 valence electrons. The molecule has 0 bridgehead atoms. The van der Waals surface area contributed by atoms with Crippen molar-refractivity contribution in [2.45, 2.75) is 90.7 Å². The van der Waals surface area contributed by atoms with Gasteiger partial charge in [-0.15, -0.1) is 0 Å². The van der Waals surface area contributed by atoms with Gasteiger partial charge >= 0.3 is 11.9 Å². The Morgan fingerprint density at radius 1 is 1.05 bits per heavy atom. The minimum atomic E-state index is -0.358. The van der Waals surface area contributed by atoms with Crippen LogP contribution in [0.25, 0.3) is 11.0 Å². The second kappa shape index (κ2) is 18.0. The summed E-state index contributed by atoms with van der Waals surface area (Å²) in [5.74, 6) is 0.838. The number of fused-ring (bicyclic) bond motifs is 1. The van der Waals surface area contributed by atoms with Gasteiger partial charge in [0.25, 0.3) is 5.91 Å². The Kier molecular flexibility index (Phi) is 14.5. The Labute approximate surface area is 267 Å². The molecule has 1 aromatic carbocycles. The average Bonchev–Trinajstić information content (AvgIpc) is 3.49. The lowest BCUT2D eigenvalue weighted by Gasteiger charge is -2.34. The van der Waals surface area contributed by atoms with Crippen LogP contribution in [0.15, 0.2) is 33.4 Å². The van der Waals surface area contributed by atoms with Crippen molar-refractivity contribution in [3.8, 4) is 0 Å². The van der Waals surface area contributed by atoms with Gasteiger partial charge in [0.2, 0.25) is 6.41 Å². The zero-order valence-corrected chi connectivity index (χ0v) is 27.9. The van der Waals surface area contributed by atoms with Gasteiger partial charge in [-0.1, -0.05) is 35.4 Å². The third-order valence-electron chi connectivity index (χ3n) is 7.69. The second-order valence-corrected chi connectivity index (χ2v) is 14.0. The minimum Gasteiger partial charge on any atom is -0.465 e. The zero-order chi connectivity index (χ0) is 32.1. The summed E-state index contributed by atoms with van der Waals surface area (Å²) in [6, 6.07) is 5.15. The maximum Gasteiger partial charge on any atom is 0.306 e. The van der Waals surface area contributed by atoms with Crippen molar-refractivity contribution in [3.63, 3.8) is 0 Å². The van der Waals surface area contributed by atoms with Crippen molar-refractivity contribution in [1.82, 2.24) is 20.1 Å². The number of carbonyl (C=O) groups excluding carboxylic acids is 4. The number of esters is 2. The standard InChI is InChI=1S/C31H44N4O7S2/c1-21(2)16-18-43-44-28(22(3)34(4)20-36)15-17-40-29(37)7-6-8-30(38)41-25-12-10-24(11-13-25)35(5)31(39)23-9-14-26-27(19-23)33-42-32-26/h9,14,19-21,24-25H,6-8,10-13,15-18H2,1-5H3/b28-22-/t24-,25-. The SMILES string of the molecule is C/C(=C(\CCOC(=O)CCCC(=O)O[C@H]1CC[C@H](N(C)C(=O)c2ccc3nonc3c2)CC1)SSCCC(C)C)N(C)C=O. The molecular weight excluding hydrogens is 604 g/mol. The fourth-order valence-corrected chi connectivity index (χ4v) is 7.54. The Hall–Kier alpha value is -3.06. The lowest BCUT2D eigenvalue weighted by Crippen LogP contribution is -2.41. The number of amides is 2. The summed E-state index contributed by atoms with van der Waals surface area (Å²) >= 11 is 0. The number of hydrogen-bond donors (Lipinski definition) is 0. The monoisotopic (exact) mass is 648 g/mol. The number of ether oxygens (including phenoxy) is 2. The molecule has 3 rings (SSSR count). The summed E-state index contributed by atoms with van der Waals surface area (Å²) < 4.78 is 15.8. The van der Waals surface area contributed by atoms with Crippen LogP contribution in [0, 0.1) is 5.92 Å². The van der Waals surface area contributed by atoms with Gasteiger partial charge in [-0.05, 0) is 79.9 Å². The Bertz CT molecular complexity index is 1290. The van der Waals surface area contributed by atoms with Crippen LogP contribution in [-0.4, -0.2) is 83.0 Å². The number of aromatic nitrogens is 2. The molecule has 13 heteroatoms. The van der Waals surface area contributed by atoms with E-state index in [9.17, 15) is 19.2 Å². The van der Waals surface area contributed by atoms with Gasteiger partial charge in [-0.2, -0.15) is 0 Å². The fourth-order valence-electron chi connectivity index (χ4n) is 4.74. The van der Waals surface area contributed by atoms with Gasteiger partial charge in [0.15, 0.2) is 0 Å². The van der Waals surface area contributed by atoms with Crippen LogP contribution in [0.2, 0.25) is 0 Å². The van der Waals surface area contributed by atoms with Gasteiger partial charge in [0.1, 0.15) is 17.1 Å². The van der Waals surface area contributed by atoms with E-state index in [1.54, 1.807) is 58.8 Å². The van der Waals surface area contributed by atoms with Crippen LogP contribution in [0.5, 0.6) is 0 Å². The number of nitrogens with zero attached hydrogens (tertiary/aromatic N) is 4. The summed E-state index contributed by atoms with van der Waals surface area (Å²) in [7, 11) is 6.86. The topological polar surface area (TPSA) is 132 Å². The molecule has 0 saturated heterocycles. The Morgan fingerprint density at radius 2 is 1.75 bits per heavy atom. The predicted octanol–water partition coefficient (Wildman–Crippen LogP) is 6.00. The third-order valence-corrected chi connectivity index (χ3v) is 10.4.